The first-order valence-corrected chi connectivity index (χ1v) is 9.47. The van der Waals surface area contributed by atoms with Crippen molar-refractivity contribution in [1.82, 2.24) is 20.3 Å². The Bertz CT molecular complexity index is 1060. The quantitative estimate of drug-likeness (QED) is 0.659. The minimum Gasteiger partial charge on any atom is -0.467 e. The molecule has 1 amide bonds. The van der Waals surface area contributed by atoms with Crippen LogP contribution in [0.4, 0.5) is 13.2 Å². The van der Waals surface area contributed by atoms with Crippen molar-refractivity contribution in [3.63, 3.8) is 0 Å². The SMILES string of the molecule is C[C@@H](NC(=O)C1CC1c1ccc2cccnc2c1)c1cnc(OCC(F)(F)F)cn1. The van der Waals surface area contributed by atoms with E-state index in [0.29, 0.717) is 5.69 Å². The van der Waals surface area contributed by atoms with Gasteiger partial charge < -0.3 is 10.1 Å². The van der Waals surface area contributed by atoms with Crippen molar-refractivity contribution in [2.75, 3.05) is 6.61 Å². The van der Waals surface area contributed by atoms with Crippen LogP contribution in [0.3, 0.4) is 0 Å². The first kappa shape index (κ1) is 20.1. The molecule has 2 aromatic heterocycles. The molecule has 30 heavy (non-hydrogen) atoms. The van der Waals surface area contributed by atoms with Crippen molar-refractivity contribution in [3.05, 3.63) is 60.2 Å². The zero-order chi connectivity index (χ0) is 21.3. The topological polar surface area (TPSA) is 77.0 Å². The zero-order valence-electron chi connectivity index (χ0n) is 16.1. The van der Waals surface area contributed by atoms with E-state index in [1.807, 2.05) is 30.3 Å². The van der Waals surface area contributed by atoms with Crippen LogP contribution >= 0.6 is 0 Å². The number of rotatable bonds is 6. The molecule has 0 aliphatic heterocycles. The Hall–Kier alpha value is -3.23. The van der Waals surface area contributed by atoms with Crippen LogP contribution in [0.1, 0.15) is 36.6 Å². The third-order valence-corrected chi connectivity index (χ3v) is 5.02. The number of hydrogen-bond donors (Lipinski definition) is 1. The second-order valence-electron chi connectivity index (χ2n) is 7.32. The zero-order valence-corrected chi connectivity index (χ0v) is 16.1. The minimum atomic E-state index is -4.44. The van der Waals surface area contributed by atoms with E-state index in [1.165, 1.54) is 6.20 Å². The molecule has 6 nitrogen and oxygen atoms in total. The van der Waals surface area contributed by atoms with Gasteiger partial charge in [-0.3, -0.25) is 14.8 Å². The molecule has 4 rings (SSSR count). The summed E-state index contributed by atoms with van der Waals surface area (Å²) in [5.74, 6) is -0.293. The summed E-state index contributed by atoms with van der Waals surface area (Å²) >= 11 is 0. The highest BCUT2D eigenvalue weighted by atomic mass is 19.4. The first-order chi connectivity index (χ1) is 14.3. The Kier molecular flexibility index (Phi) is 5.27. The van der Waals surface area contributed by atoms with E-state index < -0.39 is 18.8 Å². The van der Waals surface area contributed by atoms with Gasteiger partial charge in [0.15, 0.2) is 6.61 Å². The molecule has 1 saturated carbocycles. The Morgan fingerprint density at radius 1 is 1.23 bits per heavy atom. The van der Waals surface area contributed by atoms with Crippen LogP contribution in [0.25, 0.3) is 10.9 Å². The second kappa shape index (κ2) is 7.89. The number of ether oxygens (including phenoxy) is 1. The fourth-order valence-corrected chi connectivity index (χ4v) is 3.34. The van der Waals surface area contributed by atoms with E-state index in [2.05, 4.69) is 25.0 Å². The number of aromatic nitrogens is 3. The van der Waals surface area contributed by atoms with Crippen LogP contribution in [0.5, 0.6) is 5.88 Å². The van der Waals surface area contributed by atoms with Gasteiger partial charge >= 0.3 is 6.18 Å². The average Bonchev–Trinajstić information content (AvgIpc) is 3.53. The maximum Gasteiger partial charge on any atom is 0.422 e. The molecule has 0 spiro atoms. The Morgan fingerprint density at radius 3 is 2.80 bits per heavy atom. The predicted molar refractivity (Wildman–Crippen MR) is 103 cm³/mol. The lowest BCUT2D eigenvalue weighted by molar-refractivity contribution is -0.154. The van der Waals surface area contributed by atoms with Crippen LogP contribution in [0, 0.1) is 5.92 Å². The maximum atomic E-state index is 12.6. The van der Waals surface area contributed by atoms with Crippen molar-refractivity contribution >= 4 is 16.8 Å². The number of nitrogens with one attached hydrogen (secondary N) is 1. The fourth-order valence-electron chi connectivity index (χ4n) is 3.34. The van der Waals surface area contributed by atoms with Gasteiger partial charge in [0.1, 0.15) is 0 Å². The molecule has 1 aliphatic rings. The number of amides is 1. The van der Waals surface area contributed by atoms with Gasteiger partial charge in [0.2, 0.25) is 11.8 Å². The van der Waals surface area contributed by atoms with Gasteiger partial charge in [-0.2, -0.15) is 13.2 Å². The molecule has 2 unspecified atom stereocenters. The Balaban J connectivity index is 1.33. The summed E-state index contributed by atoms with van der Waals surface area (Å²) in [6, 6.07) is 9.49. The highest BCUT2D eigenvalue weighted by molar-refractivity contribution is 5.84. The summed E-state index contributed by atoms with van der Waals surface area (Å²) in [5, 5.41) is 3.95. The monoisotopic (exact) mass is 416 g/mol. The smallest absolute Gasteiger partial charge is 0.422 e. The number of carbonyl (C=O) groups excluding carboxylic acids is 1. The maximum absolute atomic E-state index is 12.6. The molecule has 1 N–H and O–H groups in total. The van der Waals surface area contributed by atoms with Gasteiger partial charge in [-0.1, -0.05) is 18.2 Å². The second-order valence-corrected chi connectivity index (χ2v) is 7.32. The lowest BCUT2D eigenvalue weighted by Crippen LogP contribution is -2.29. The van der Waals surface area contributed by atoms with Crippen molar-refractivity contribution in [1.29, 1.82) is 0 Å². The van der Waals surface area contributed by atoms with Gasteiger partial charge in [-0.25, -0.2) is 4.98 Å². The number of alkyl halides is 3. The highest BCUT2D eigenvalue weighted by Gasteiger charge is 2.44. The van der Waals surface area contributed by atoms with Crippen LogP contribution in [0.2, 0.25) is 0 Å². The number of carbonyl (C=O) groups is 1. The molecule has 1 fully saturated rings. The van der Waals surface area contributed by atoms with E-state index in [0.717, 1.165) is 29.1 Å². The summed E-state index contributed by atoms with van der Waals surface area (Å²) in [5.41, 5.74) is 2.42. The molecule has 1 aliphatic carbocycles. The van der Waals surface area contributed by atoms with Crippen molar-refractivity contribution in [2.45, 2.75) is 31.5 Å². The Labute approximate surface area is 170 Å². The number of pyridine rings is 1. The van der Waals surface area contributed by atoms with Crippen molar-refractivity contribution in [3.8, 4) is 5.88 Å². The summed E-state index contributed by atoms with van der Waals surface area (Å²) in [6.45, 7) is 0.316. The third kappa shape index (κ3) is 4.67. The molecule has 1 aromatic carbocycles. The van der Waals surface area contributed by atoms with Crippen LogP contribution in [0.15, 0.2) is 48.9 Å². The molecule has 3 atom stereocenters. The molecule has 156 valence electrons. The van der Waals surface area contributed by atoms with E-state index in [4.69, 9.17) is 0 Å². The van der Waals surface area contributed by atoms with E-state index >= 15 is 0 Å². The normalized spacial score (nSPS) is 19.3. The van der Waals surface area contributed by atoms with E-state index in [9.17, 15) is 18.0 Å². The number of fused-ring (bicyclic) bond motifs is 1. The van der Waals surface area contributed by atoms with Gasteiger partial charge in [0.25, 0.3) is 0 Å². The van der Waals surface area contributed by atoms with Crippen molar-refractivity contribution < 1.29 is 22.7 Å². The Morgan fingerprint density at radius 2 is 2.07 bits per heavy atom. The number of nitrogens with zero attached hydrogens (tertiary/aromatic N) is 3. The van der Waals surface area contributed by atoms with Gasteiger partial charge in [0.05, 0.1) is 29.6 Å². The lowest BCUT2D eigenvalue weighted by atomic mass is 10.1. The number of halogens is 3. The molecule has 0 bridgehead atoms. The van der Waals surface area contributed by atoms with E-state index in [-0.39, 0.29) is 23.6 Å². The average molecular weight is 416 g/mol. The molecule has 2 heterocycles. The molecule has 3 aromatic rings. The first-order valence-electron chi connectivity index (χ1n) is 9.47. The summed E-state index contributed by atoms with van der Waals surface area (Å²) in [7, 11) is 0. The van der Waals surface area contributed by atoms with Crippen LogP contribution in [-0.2, 0) is 4.79 Å². The van der Waals surface area contributed by atoms with Gasteiger partial charge in [0, 0.05) is 17.5 Å². The summed E-state index contributed by atoms with van der Waals surface area (Å²) < 4.78 is 41.1. The van der Waals surface area contributed by atoms with Crippen molar-refractivity contribution in [2.24, 2.45) is 5.92 Å². The molecular formula is C21H19F3N4O2. The summed E-state index contributed by atoms with van der Waals surface area (Å²) in [4.78, 5) is 24.8. The fraction of sp³-hybridized carbons (Fsp3) is 0.333. The largest absolute Gasteiger partial charge is 0.467 e. The van der Waals surface area contributed by atoms with Gasteiger partial charge in [-0.05, 0) is 37.0 Å². The van der Waals surface area contributed by atoms with Crippen LogP contribution < -0.4 is 10.1 Å². The predicted octanol–water partition coefficient (Wildman–Crippen LogP) is 3.95. The molecule has 0 saturated heterocycles. The van der Waals surface area contributed by atoms with E-state index in [1.54, 1.807) is 13.1 Å². The molecular weight excluding hydrogens is 397 g/mol. The third-order valence-electron chi connectivity index (χ3n) is 5.02. The van der Waals surface area contributed by atoms with Crippen LogP contribution in [-0.4, -0.2) is 33.6 Å². The minimum absolute atomic E-state index is 0.0900. The molecule has 0 radical (unpaired) electrons. The lowest BCUT2D eigenvalue weighted by Gasteiger charge is -2.14. The molecule has 9 heteroatoms. The summed E-state index contributed by atoms with van der Waals surface area (Å²) in [6.07, 6.45) is 0.476. The number of hydrogen-bond acceptors (Lipinski definition) is 5. The number of benzene rings is 1. The highest BCUT2D eigenvalue weighted by Crippen LogP contribution is 2.48. The standard InChI is InChI=1S/C21H19F3N4O2/c1-12(18-9-27-19(10-26-18)30-11-21(22,23)24)28-20(29)16-8-15(16)14-5-4-13-3-2-6-25-17(13)7-14/h2-7,9-10,12,15-16H,8,11H2,1H3,(H,28,29)/t12-,15?,16?/m1/s1. The van der Waals surface area contributed by atoms with Gasteiger partial charge in [-0.15, -0.1) is 0 Å².